The fraction of sp³-hybridized carbons (Fsp3) is 0.467. The van der Waals surface area contributed by atoms with Crippen molar-refractivity contribution in [1.82, 2.24) is 15.1 Å². The van der Waals surface area contributed by atoms with Gasteiger partial charge in [-0.15, -0.1) is 0 Å². The molecular weight excluding hydrogens is 273 g/mol. The minimum Gasteiger partial charge on any atom is -0.357 e. The summed E-state index contributed by atoms with van der Waals surface area (Å²) in [5.74, 6) is -0.541. The van der Waals surface area contributed by atoms with Crippen molar-refractivity contribution in [3.8, 4) is 0 Å². The van der Waals surface area contributed by atoms with E-state index in [4.69, 9.17) is 0 Å². The molecule has 114 valence electrons. The minimum atomic E-state index is -0.491. The van der Waals surface area contributed by atoms with Gasteiger partial charge < -0.3 is 10.2 Å². The summed E-state index contributed by atoms with van der Waals surface area (Å²) in [5.41, 5.74) is 0.863. The molecule has 1 fully saturated rings. The molecule has 0 unspecified atom stereocenters. The van der Waals surface area contributed by atoms with Crippen molar-refractivity contribution >= 4 is 11.8 Å². The van der Waals surface area contributed by atoms with Crippen molar-refractivity contribution in [2.24, 2.45) is 0 Å². The molecule has 21 heavy (non-hydrogen) atoms. The summed E-state index contributed by atoms with van der Waals surface area (Å²) in [6.07, 6.45) is 0. The number of hydrogen-bond donors (Lipinski definition) is 1. The van der Waals surface area contributed by atoms with Gasteiger partial charge in [0.2, 0.25) is 11.8 Å². The Kier molecular flexibility index (Phi) is 4.90. The zero-order valence-corrected chi connectivity index (χ0v) is 12.3. The van der Waals surface area contributed by atoms with E-state index in [1.807, 2.05) is 6.07 Å². The van der Waals surface area contributed by atoms with Gasteiger partial charge in [-0.05, 0) is 17.7 Å². The molecule has 1 saturated heterocycles. The highest BCUT2D eigenvalue weighted by Gasteiger charge is 2.33. The average molecular weight is 293 g/mol. The molecule has 1 N–H and O–H groups in total. The highest BCUT2D eigenvalue weighted by molar-refractivity contribution is 5.87. The number of rotatable bonds is 3. The van der Waals surface area contributed by atoms with Crippen LogP contribution in [-0.2, 0) is 16.1 Å². The Labute approximate surface area is 123 Å². The van der Waals surface area contributed by atoms with Crippen LogP contribution in [0.25, 0.3) is 0 Å². The fourth-order valence-electron chi connectivity index (χ4n) is 2.64. The fourth-order valence-corrected chi connectivity index (χ4v) is 2.64. The van der Waals surface area contributed by atoms with Crippen molar-refractivity contribution in [3.63, 3.8) is 0 Å². The van der Waals surface area contributed by atoms with E-state index in [0.29, 0.717) is 26.2 Å². The zero-order valence-electron chi connectivity index (χ0n) is 12.3. The van der Waals surface area contributed by atoms with Crippen LogP contribution in [0.4, 0.5) is 4.39 Å². The number of amides is 2. The highest BCUT2D eigenvalue weighted by atomic mass is 19.1. The number of nitrogens with one attached hydrogen (secondary N) is 1. The van der Waals surface area contributed by atoms with Gasteiger partial charge in [0.15, 0.2) is 0 Å². The maximum atomic E-state index is 13.2. The van der Waals surface area contributed by atoms with E-state index in [2.05, 4.69) is 10.2 Å². The number of carbonyl (C=O) groups is 2. The summed E-state index contributed by atoms with van der Waals surface area (Å²) in [6, 6.07) is 5.94. The molecule has 0 spiro atoms. The third kappa shape index (κ3) is 3.78. The first-order valence-electron chi connectivity index (χ1n) is 6.97. The Morgan fingerprint density at radius 3 is 2.76 bits per heavy atom. The maximum Gasteiger partial charge on any atom is 0.243 e. The molecule has 1 aliphatic heterocycles. The Bertz CT molecular complexity index is 535. The van der Waals surface area contributed by atoms with Gasteiger partial charge in [0.05, 0.1) is 0 Å². The topological polar surface area (TPSA) is 52.7 Å². The molecule has 2 amide bonds. The summed E-state index contributed by atoms with van der Waals surface area (Å²) in [7, 11) is 1.56. The predicted octanol–water partition coefficient (Wildman–Crippen LogP) is 0.604. The molecule has 1 heterocycles. The molecule has 0 bridgehead atoms. The van der Waals surface area contributed by atoms with E-state index in [-0.39, 0.29) is 17.6 Å². The lowest BCUT2D eigenvalue weighted by Gasteiger charge is -2.40. The van der Waals surface area contributed by atoms with E-state index in [1.165, 1.54) is 19.1 Å². The van der Waals surface area contributed by atoms with Crippen molar-refractivity contribution in [2.45, 2.75) is 19.5 Å². The SMILES string of the molecule is CNC(=O)[C@H]1CN(Cc2cccc(F)c2)CCN1C(C)=O. The van der Waals surface area contributed by atoms with Gasteiger partial charge in [-0.1, -0.05) is 12.1 Å². The Morgan fingerprint density at radius 1 is 1.38 bits per heavy atom. The molecule has 0 radical (unpaired) electrons. The molecule has 0 aromatic heterocycles. The number of benzene rings is 1. The Hall–Kier alpha value is -1.95. The van der Waals surface area contributed by atoms with Crippen LogP contribution in [0, 0.1) is 5.82 Å². The van der Waals surface area contributed by atoms with E-state index in [1.54, 1.807) is 18.0 Å². The van der Waals surface area contributed by atoms with Gasteiger partial charge in [0.25, 0.3) is 0 Å². The zero-order chi connectivity index (χ0) is 15.4. The lowest BCUT2D eigenvalue weighted by atomic mass is 10.1. The van der Waals surface area contributed by atoms with Gasteiger partial charge in [0.1, 0.15) is 11.9 Å². The third-order valence-electron chi connectivity index (χ3n) is 3.71. The molecule has 0 aliphatic carbocycles. The van der Waals surface area contributed by atoms with Crippen LogP contribution in [0.3, 0.4) is 0 Å². The minimum absolute atomic E-state index is 0.103. The van der Waals surface area contributed by atoms with Gasteiger partial charge in [-0.2, -0.15) is 0 Å². The third-order valence-corrected chi connectivity index (χ3v) is 3.71. The second-order valence-electron chi connectivity index (χ2n) is 5.21. The van der Waals surface area contributed by atoms with E-state index < -0.39 is 6.04 Å². The van der Waals surface area contributed by atoms with E-state index in [9.17, 15) is 14.0 Å². The monoisotopic (exact) mass is 293 g/mol. The number of hydrogen-bond acceptors (Lipinski definition) is 3. The van der Waals surface area contributed by atoms with E-state index >= 15 is 0 Å². The van der Waals surface area contributed by atoms with Crippen molar-refractivity contribution in [3.05, 3.63) is 35.6 Å². The summed E-state index contributed by atoms with van der Waals surface area (Å²) < 4.78 is 13.2. The second-order valence-corrected chi connectivity index (χ2v) is 5.21. The van der Waals surface area contributed by atoms with Crippen molar-refractivity contribution in [2.75, 3.05) is 26.7 Å². The van der Waals surface area contributed by atoms with Gasteiger partial charge >= 0.3 is 0 Å². The molecule has 1 aliphatic rings. The quantitative estimate of drug-likeness (QED) is 0.888. The standard InChI is InChI=1S/C15H20FN3O2/c1-11(20)19-7-6-18(10-14(19)15(21)17-2)9-12-4-3-5-13(16)8-12/h3-5,8,14H,6-7,9-10H2,1-2H3,(H,17,21)/t14-/m1/s1. The first-order valence-corrected chi connectivity index (χ1v) is 6.97. The summed E-state index contributed by atoms with van der Waals surface area (Å²) in [4.78, 5) is 27.2. The van der Waals surface area contributed by atoms with Gasteiger partial charge in [0, 0.05) is 40.2 Å². The number of nitrogens with zero attached hydrogens (tertiary/aromatic N) is 2. The first kappa shape index (κ1) is 15.4. The van der Waals surface area contributed by atoms with Gasteiger partial charge in [-0.25, -0.2) is 4.39 Å². The van der Waals surface area contributed by atoms with Crippen LogP contribution >= 0.6 is 0 Å². The smallest absolute Gasteiger partial charge is 0.243 e. The molecule has 2 rings (SSSR count). The number of carbonyl (C=O) groups excluding carboxylic acids is 2. The van der Waals surface area contributed by atoms with E-state index in [0.717, 1.165) is 5.56 Å². The highest BCUT2D eigenvalue weighted by Crippen LogP contribution is 2.14. The lowest BCUT2D eigenvalue weighted by Crippen LogP contribution is -2.59. The first-order chi connectivity index (χ1) is 10.0. The molecule has 1 aromatic carbocycles. The van der Waals surface area contributed by atoms with Crippen molar-refractivity contribution < 1.29 is 14.0 Å². The van der Waals surface area contributed by atoms with Crippen LogP contribution in [0.1, 0.15) is 12.5 Å². The van der Waals surface area contributed by atoms with Crippen LogP contribution < -0.4 is 5.32 Å². The number of likely N-dealkylation sites (N-methyl/N-ethyl adjacent to an activating group) is 1. The number of piperazine rings is 1. The Balaban J connectivity index is 2.07. The average Bonchev–Trinajstić information content (AvgIpc) is 2.46. The van der Waals surface area contributed by atoms with Gasteiger partial charge in [-0.3, -0.25) is 14.5 Å². The molecule has 0 saturated carbocycles. The maximum absolute atomic E-state index is 13.2. The largest absolute Gasteiger partial charge is 0.357 e. The summed E-state index contributed by atoms with van der Waals surface area (Å²) in [6.45, 7) is 3.66. The number of halogens is 1. The lowest BCUT2D eigenvalue weighted by molar-refractivity contribution is -0.142. The second kappa shape index (κ2) is 6.67. The molecule has 5 nitrogen and oxygen atoms in total. The normalized spacial score (nSPS) is 19.4. The summed E-state index contributed by atoms with van der Waals surface area (Å²) in [5, 5.41) is 2.59. The summed E-state index contributed by atoms with van der Waals surface area (Å²) >= 11 is 0. The molecule has 6 heteroatoms. The molecular formula is C15H20FN3O2. The molecule has 1 aromatic rings. The van der Waals surface area contributed by atoms with Crippen molar-refractivity contribution in [1.29, 1.82) is 0 Å². The van der Waals surface area contributed by atoms with Crippen LogP contribution in [0.15, 0.2) is 24.3 Å². The Morgan fingerprint density at radius 2 is 2.14 bits per heavy atom. The van der Waals surface area contributed by atoms with Crippen LogP contribution in [0.2, 0.25) is 0 Å². The van der Waals surface area contributed by atoms with Crippen LogP contribution in [-0.4, -0.2) is 54.3 Å². The van der Waals surface area contributed by atoms with Crippen LogP contribution in [0.5, 0.6) is 0 Å². The predicted molar refractivity (Wildman–Crippen MR) is 76.9 cm³/mol. The molecule has 1 atom stereocenters.